The lowest BCUT2D eigenvalue weighted by Crippen LogP contribution is -2.26. The number of halogens is 3. The number of benzene rings is 2. The average Bonchev–Trinajstić information content (AvgIpc) is 2.46. The number of alkyl halides is 3. The van der Waals surface area contributed by atoms with E-state index in [2.05, 4.69) is 0 Å². The molecule has 3 nitrogen and oxygen atoms in total. The predicted octanol–water partition coefficient (Wildman–Crippen LogP) is 3.56. The normalized spacial score (nSPS) is 11.2. The van der Waals surface area contributed by atoms with Gasteiger partial charge in [-0.3, -0.25) is 4.79 Å². The minimum Gasteiger partial charge on any atom is -0.398 e. The van der Waals surface area contributed by atoms with E-state index >= 15 is 0 Å². The molecule has 0 radical (unpaired) electrons. The molecular formula is C15H13F3N2O. The summed E-state index contributed by atoms with van der Waals surface area (Å²) in [6.45, 7) is 0. The molecule has 0 aliphatic carbocycles. The predicted molar refractivity (Wildman–Crippen MR) is 75.0 cm³/mol. The highest BCUT2D eigenvalue weighted by Gasteiger charge is 2.33. The second-order valence-electron chi connectivity index (χ2n) is 4.50. The largest absolute Gasteiger partial charge is 0.418 e. The first-order valence-corrected chi connectivity index (χ1v) is 6.10. The van der Waals surface area contributed by atoms with Crippen molar-refractivity contribution in [2.75, 3.05) is 17.7 Å². The van der Waals surface area contributed by atoms with Gasteiger partial charge in [0.2, 0.25) is 0 Å². The number of para-hydroxylation sites is 1. The summed E-state index contributed by atoms with van der Waals surface area (Å²) in [6.07, 6.45) is -4.59. The number of amides is 1. The Morgan fingerprint density at radius 2 is 1.71 bits per heavy atom. The lowest BCUT2D eigenvalue weighted by atomic mass is 10.1. The van der Waals surface area contributed by atoms with Crippen LogP contribution in [0.15, 0.2) is 48.5 Å². The molecular weight excluding hydrogens is 281 g/mol. The Balaban J connectivity index is 2.36. The molecule has 0 bridgehead atoms. The fourth-order valence-corrected chi connectivity index (χ4v) is 1.90. The molecule has 0 atom stereocenters. The Labute approximate surface area is 119 Å². The van der Waals surface area contributed by atoms with Crippen LogP contribution in [-0.2, 0) is 6.18 Å². The first-order chi connectivity index (χ1) is 9.80. The van der Waals surface area contributed by atoms with Gasteiger partial charge >= 0.3 is 6.18 Å². The van der Waals surface area contributed by atoms with Crippen LogP contribution in [0.4, 0.5) is 24.5 Å². The van der Waals surface area contributed by atoms with Crippen LogP contribution in [0.25, 0.3) is 0 Å². The van der Waals surface area contributed by atoms with Gasteiger partial charge in [-0.1, -0.05) is 18.2 Å². The Hall–Kier alpha value is -2.50. The van der Waals surface area contributed by atoms with Gasteiger partial charge in [0.05, 0.1) is 5.56 Å². The van der Waals surface area contributed by atoms with Gasteiger partial charge in [0.15, 0.2) is 0 Å². The van der Waals surface area contributed by atoms with Crippen molar-refractivity contribution in [3.05, 3.63) is 59.7 Å². The molecule has 1 amide bonds. The molecule has 2 aromatic carbocycles. The van der Waals surface area contributed by atoms with Gasteiger partial charge in [-0.15, -0.1) is 0 Å². The van der Waals surface area contributed by atoms with Crippen molar-refractivity contribution in [1.82, 2.24) is 0 Å². The van der Waals surface area contributed by atoms with Crippen LogP contribution in [0.3, 0.4) is 0 Å². The van der Waals surface area contributed by atoms with E-state index in [4.69, 9.17) is 5.73 Å². The highest BCUT2D eigenvalue weighted by atomic mass is 19.4. The standard InChI is InChI=1S/C15H13F3N2O/c1-20(11-5-3-2-4-6-11)14(21)10-7-8-13(19)12(9-10)15(16,17)18/h2-9H,19H2,1H3. The fourth-order valence-electron chi connectivity index (χ4n) is 1.90. The van der Waals surface area contributed by atoms with E-state index in [0.29, 0.717) is 5.69 Å². The molecule has 0 saturated carbocycles. The van der Waals surface area contributed by atoms with Crippen LogP contribution in [0.1, 0.15) is 15.9 Å². The van der Waals surface area contributed by atoms with E-state index in [-0.39, 0.29) is 5.56 Å². The van der Waals surface area contributed by atoms with E-state index in [1.54, 1.807) is 30.3 Å². The third kappa shape index (κ3) is 3.16. The topological polar surface area (TPSA) is 46.3 Å². The van der Waals surface area contributed by atoms with Gasteiger partial charge in [0, 0.05) is 24.0 Å². The maximum absolute atomic E-state index is 12.8. The van der Waals surface area contributed by atoms with Crippen molar-refractivity contribution >= 4 is 17.3 Å². The smallest absolute Gasteiger partial charge is 0.398 e. The summed E-state index contributed by atoms with van der Waals surface area (Å²) in [5.41, 5.74) is 4.44. The first kappa shape index (κ1) is 14.9. The molecule has 0 fully saturated rings. The number of nitrogens with two attached hydrogens (primary N) is 1. The van der Waals surface area contributed by atoms with Crippen LogP contribution in [0, 0.1) is 0 Å². The third-order valence-electron chi connectivity index (χ3n) is 3.05. The number of nitrogen functional groups attached to an aromatic ring is 1. The lowest BCUT2D eigenvalue weighted by molar-refractivity contribution is -0.136. The highest BCUT2D eigenvalue weighted by Crippen LogP contribution is 2.34. The van der Waals surface area contributed by atoms with Gasteiger partial charge in [0.25, 0.3) is 5.91 Å². The number of carbonyl (C=O) groups excluding carboxylic acids is 1. The van der Waals surface area contributed by atoms with E-state index in [1.165, 1.54) is 18.0 Å². The summed E-state index contributed by atoms with van der Waals surface area (Å²) in [4.78, 5) is 13.5. The first-order valence-electron chi connectivity index (χ1n) is 6.10. The molecule has 2 aromatic rings. The molecule has 0 saturated heterocycles. The number of hydrogen-bond acceptors (Lipinski definition) is 2. The van der Waals surface area contributed by atoms with Crippen molar-refractivity contribution in [3.63, 3.8) is 0 Å². The van der Waals surface area contributed by atoms with Gasteiger partial charge in [-0.25, -0.2) is 0 Å². The number of hydrogen-bond donors (Lipinski definition) is 1. The zero-order valence-corrected chi connectivity index (χ0v) is 11.2. The van der Waals surface area contributed by atoms with Crippen molar-refractivity contribution in [2.24, 2.45) is 0 Å². The molecule has 0 aromatic heterocycles. The molecule has 0 unspecified atom stereocenters. The van der Waals surface area contributed by atoms with Crippen molar-refractivity contribution < 1.29 is 18.0 Å². The molecule has 0 aliphatic heterocycles. The summed E-state index contributed by atoms with van der Waals surface area (Å²) in [5.74, 6) is -0.535. The Morgan fingerprint density at radius 1 is 1.10 bits per heavy atom. The molecule has 6 heteroatoms. The molecule has 21 heavy (non-hydrogen) atoms. The number of nitrogens with zero attached hydrogens (tertiary/aromatic N) is 1. The number of anilines is 2. The maximum atomic E-state index is 12.8. The third-order valence-corrected chi connectivity index (χ3v) is 3.05. The monoisotopic (exact) mass is 294 g/mol. The number of rotatable bonds is 2. The van der Waals surface area contributed by atoms with Crippen LogP contribution in [0.2, 0.25) is 0 Å². The van der Waals surface area contributed by atoms with Crippen molar-refractivity contribution in [1.29, 1.82) is 0 Å². The van der Waals surface area contributed by atoms with Crippen molar-refractivity contribution in [2.45, 2.75) is 6.18 Å². The minimum absolute atomic E-state index is 0.0668. The van der Waals surface area contributed by atoms with E-state index in [0.717, 1.165) is 12.1 Å². The summed E-state index contributed by atoms with van der Waals surface area (Å²) < 4.78 is 38.4. The zero-order valence-electron chi connectivity index (χ0n) is 11.2. The van der Waals surface area contributed by atoms with E-state index < -0.39 is 23.3 Å². The summed E-state index contributed by atoms with van der Waals surface area (Å²) in [6, 6.07) is 11.8. The van der Waals surface area contributed by atoms with E-state index in [1.807, 2.05) is 0 Å². The molecule has 0 heterocycles. The van der Waals surface area contributed by atoms with E-state index in [9.17, 15) is 18.0 Å². The second-order valence-corrected chi connectivity index (χ2v) is 4.50. The Kier molecular flexibility index (Phi) is 3.88. The van der Waals surface area contributed by atoms with Crippen LogP contribution >= 0.6 is 0 Å². The second kappa shape index (κ2) is 5.47. The quantitative estimate of drug-likeness (QED) is 0.861. The van der Waals surface area contributed by atoms with Gasteiger partial charge in [0.1, 0.15) is 0 Å². The molecule has 2 rings (SSSR count). The molecule has 2 N–H and O–H groups in total. The SMILES string of the molecule is CN(C(=O)c1ccc(N)c(C(F)(F)F)c1)c1ccccc1. The van der Waals surface area contributed by atoms with Gasteiger partial charge in [-0.2, -0.15) is 13.2 Å². The molecule has 0 spiro atoms. The molecule has 110 valence electrons. The molecule has 0 aliphatic rings. The van der Waals surface area contributed by atoms with Gasteiger partial charge in [-0.05, 0) is 30.3 Å². The van der Waals surface area contributed by atoms with Crippen LogP contribution in [0.5, 0.6) is 0 Å². The lowest BCUT2D eigenvalue weighted by Gasteiger charge is -2.18. The fraction of sp³-hybridized carbons (Fsp3) is 0.133. The highest BCUT2D eigenvalue weighted by molar-refractivity contribution is 6.06. The summed E-state index contributed by atoms with van der Waals surface area (Å²) in [5, 5.41) is 0. The summed E-state index contributed by atoms with van der Waals surface area (Å²) >= 11 is 0. The van der Waals surface area contributed by atoms with Crippen molar-refractivity contribution in [3.8, 4) is 0 Å². The average molecular weight is 294 g/mol. The number of carbonyl (C=O) groups is 1. The minimum atomic E-state index is -4.59. The Morgan fingerprint density at radius 3 is 2.29 bits per heavy atom. The maximum Gasteiger partial charge on any atom is 0.418 e. The zero-order chi connectivity index (χ0) is 15.6. The Bertz CT molecular complexity index is 654. The van der Waals surface area contributed by atoms with Crippen LogP contribution in [-0.4, -0.2) is 13.0 Å². The van der Waals surface area contributed by atoms with Gasteiger partial charge < -0.3 is 10.6 Å². The summed E-state index contributed by atoms with van der Waals surface area (Å²) in [7, 11) is 1.50. The van der Waals surface area contributed by atoms with Crippen LogP contribution < -0.4 is 10.6 Å².